The summed E-state index contributed by atoms with van der Waals surface area (Å²) in [4.78, 5) is 0. The van der Waals surface area contributed by atoms with Gasteiger partial charge in [0.15, 0.2) is 0 Å². The first-order valence-electron chi connectivity index (χ1n) is 7.46. The molecule has 0 saturated carbocycles. The molecule has 1 unspecified atom stereocenters. The zero-order valence-electron chi connectivity index (χ0n) is 11.7. The van der Waals surface area contributed by atoms with Gasteiger partial charge in [-0.3, -0.25) is 0 Å². The van der Waals surface area contributed by atoms with Crippen LogP contribution in [0.25, 0.3) is 0 Å². The van der Waals surface area contributed by atoms with Gasteiger partial charge in [-0.15, -0.1) is 0 Å². The van der Waals surface area contributed by atoms with Gasteiger partial charge in [-0.05, 0) is 24.5 Å². The average molecular weight is 308 g/mol. The van der Waals surface area contributed by atoms with Crippen LogP contribution in [0, 0.1) is 0 Å². The van der Waals surface area contributed by atoms with Gasteiger partial charge in [-0.25, -0.2) is 0 Å². The fourth-order valence-corrected chi connectivity index (χ4v) is 5.27. The van der Waals surface area contributed by atoms with Crippen LogP contribution in [-0.2, 0) is 16.6 Å². The molecule has 6 nitrogen and oxygen atoms in total. The summed E-state index contributed by atoms with van der Waals surface area (Å²) in [7, 11) is -3.39. The Morgan fingerprint density at radius 3 is 2.86 bits per heavy atom. The van der Waals surface area contributed by atoms with Gasteiger partial charge < -0.3 is 10.6 Å². The van der Waals surface area contributed by atoms with Gasteiger partial charge in [0.2, 0.25) is 0 Å². The van der Waals surface area contributed by atoms with E-state index in [-0.39, 0.29) is 12.1 Å². The van der Waals surface area contributed by atoms with Crippen LogP contribution < -0.4 is 15.4 Å². The average Bonchev–Trinajstić information content (AvgIpc) is 3.10. The minimum Gasteiger partial charge on any atom is -0.383 e. The van der Waals surface area contributed by atoms with Crippen molar-refractivity contribution in [2.75, 3.05) is 25.0 Å². The van der Waals surface area contributed by atoms with Crippen LogP contribution in [0.2, 0.25) is 0 Å². The minimum absolute atomic E-state index is 0.0861. The van der Waals surface area contributed by atoms with Crippen molar-refractivity contribution in [3.63, 3.8) is 0 Å². The number of hydrogen-bond donors (Lipinski definition) is 3. The van der Waals surface area contributed by atoms with Crippen molar-refractivity contribution in [2.24, 2.45) is 0 Å². The largest absolute Gasteiger partial charge is 0.383 e. The van der Waals surface area contributed by atoms with Gasteiger partial charge in [0.25, 0.3) is 10.2 Å². The summed E-state index contributed by atoms with van der Waals surface area (Å²) in [6, 6.07) is 8.42. The third kappa shape index (κ3) is 2.44. The van der Waals surface area contributed by atoms with Crippen molar-refractivity contribution in [1.82, 2.24) is 14.3 Å². The van der Waals surface area contributed by atoms with E-state index < -0.39 is 10.2 Å². The van der Waals surface area contributed by atoms with Crippen LogP contribution in [0.5, 0.6) is 0 Å². The molecule has 4 rings (SSSR count). The molecule has 3 N–H and O–H groups in total. The normalized spacial score (nSPS) is 31.9. The number of piperazine rings is 1. The minimum atomic E-state index is -3.39. The molecule has 21 heavy (non-hydrogen) atoms. The van der Waals surface area contributed by atoms with Crippen LogP contribution in [0.3, 0.4) is 0 Å². The number of benzene rings is 1. The number of anilines is 1. The lowest BCUT2D eigenvalue weighted by Gasteiger charge is -2.31. The second-order valence-corrected chi connectivity index (χ2v) is 7.78. The summed E-state index contributed by atoms with van der Waals surface area (Å²) in [6.45, 7) is 2.00. The van der Waals surface area contributed by atoms with Crippen LogP contribution in [0.4, 0.5) is 5.69 Å². The maximum absolute atomic E-state index is 12.6. The topological polar surface area (TPSA) is 73.5 Å². The smallest absolute Gasteiger partial charge is 0.280 e. The summed E-state index contributed by atoms with van der Waals surface area (Å²) in [6.07, 6.45) is 1.68. The number of hydrogen-bond acceptors (Lipinski definition) is 4. The fourth-order valence-electron chi connectivity index (χ4n) is 3.62. The van der Waals surface area contributed by atoms with Gasteiger partial charge in [0, 0.05) is 43.4 Å². The van der Waals surface area contributed by atoms with Gasteiger partial charge >= 0.3 is 0 Å². The van der Waals surface area contributed by atoms with Crippen molar-refractivity contribution >= 4 is 15.9 Å². The molecule has 1 aromatic rings. The standard InChI is InChI=1S/C14H20N4O2S/c19-21(20,18-9-12-6-13(18)8-15-12)17-11-5-10-3-1-2-4-14(10)16-7-11/h1-4,11-13,15-17H,5-9H2/t11?,12-,13-/m0/s1. The second kappa shape index (κ2) is 4.95. The van der Waals surface area contributed by atoms with Crippen molar-refractivity contribution in [3.8, 4) is 0 Å². The van der Waals surface area contributed by atoms with Gasteiger partial charge in [0.05, 0.1) is 0 Å². The molecule has 2 bridgehead atoms. The molecule has 2 fully saturated rings. The number of para-hydroxylation sites is 1. The van der Waals surface area contributed by atoms with E-state index >= 15 is 0 Å². The SMILES string of the molecule is O=S(=O)(NC1CNc2ccccc2C1)N1C[C@@H]2C[C@H]1CN2. The second-order valence-electron chi connectivity index (χ2n) is 6.13. The molecule has 3 aliphatic heterocycles. The van der Waals surface area contributed by atoms with Crippen LogP contribution >= 0.6 is 0 Å². The molecule has 3 heterocycles. The summed E-state index contributed by atoms with van der Waals surface area (Å²) in [5.74, 6) is 0. The zero-order valence-corrected chi connectivity index (χ0v) is 12.6. The summed E-state index contributed by atoms with van der Waals surface area (Å²) >= 11 is 0. The van der Waals surface area contributed by atoms with Crippen LogP contribution in [-0.4, -0.2) is 50.5 Å². The highest BCUT2D eigenvalue weighted by Crippen LogP contribution is 2.26. The number of nitrogens with zero attached hydrogens (tertiary/aromatic N) is 1. The highest BCUT2D eigenvalue weighted by atomic mass is 32.2. The third-order valence-corrected chi connectivity index (χ3v) is 6.35. The monoisotopic (exact) mass is 308 g/mol. The molecule has 0 amide bonds. The lowest BCUT2D eigenvalue weighted by atomic mass is 10.0. The Bertz CT molecular complexity index is 648. The van der Waals surface area contributed by atoms with Crippen LogP contribution in [0.1, 0.15) is 12.0 Å². The van der Waals surface area contributed by atoms with Crippen molar-refractivity contribution < 1.29 is 8.42 Å². The predicted octanol–water partition coefficient (Wildman–Crippen LogP) is -0.0963. The first kappa shape index (κ1) is 13.5. The Morgan fingerprint density at radius 2 is 2.10 bits per heavy atom. The van der Waals surface area contributed by atoms with E-state index in [9.17, 15) is 8.42 Å². The molecule has 0 radical (unpaired) electrons. The van der Waals surface area contributed by atoms with E-state index in [0.717, 1.165) is 25.1 Å². The molecule has 1 aromatic carbocycles. The molecule has 3 aliphatic rings. The molecular weight excluding hydrogens is 288 g/mol. The number of nitrogens with one attached hydrogen (secondary N) is 3. The molecule has 2 saturated heterocycles. The Morgan fingerprint density at radius 1 is 1.24 bits per heavy atom. The zero-order chi connectivity index (χ0) is 14.4. The lowest BCUT2D eigenvalue weighted by molar-refractivity contribution is 0.340. The number of rotatable bonds is 3. The first-order valence-corrected chi connectivity index (χ1v) is 8.90. The van der Waals surface area contributed by atoms with Gasteiger partial charge in [-0.2, -0.15) is 17.4 Å². The van der Waals surface area contributed by atoms with Crippen molar-refractivity contribution in [1.29, 1.82) is 0 Å². The maximum Gasteiger partial charge on any atom is 0.280 e. The fraction of sp³-hybridized carbons (Fsp3) is 0.571. The van der Waals surface area contributed by atoms with Crippen molar-refractivity contribution in [3.05, 3.63) is 29.8 Å². The van der Waals surface area contributed by atoms with E-state index in [2.05, 4.69) is 15.4 Å². The maximum atomic E-state index is 12.6. The molecule has 7 heteroatoms. The van der Waals surface area contributed by atoms with E-state index in [1.165, 1.54) is 5.56 Å². The lowest BCUT2D eigenvalue weighted by Crippen LogP contribution is -2.54. The van der Waals surface area contributed by atoms with Gasteiger partial charge in [-0.1, -0.05) is 18.2 Å². The Labute approximate surface area is 125 Å². The third-order valence-electron chi connectivity index (χ3n) is 4.65. The molecule has 114 valence electrons. The van der Waals surface area contributed by atoms with Gasteiger partial charge in [0.1, 0.15) is 0 Å². The molecule has 0 spiro atoms. The van der Waals surface area contributed by atoms with E-state index in [0.29, 0.717) is 19.1 Å². The number of fused-ring (bicyclic) bond motifs is 3. The van der Waals surface area contributed by atoms with Crippen LogP contribution in [0.15, 0.2) is 24.3 Å². The molecule has 0 aromatic heterocycles. The molecule has 0 aliphatic carbocycles. The van der Waals surface area contributed by atoms with E-state index in [4.69, 9.17) is 0 Å². The highest BCUT2D eigenvalue weighted by molar-refractivity contribution is 7.87. The first-order chi connectivity index (χ1) is 10.1. The Kier molecular flexibility index (Phi) is 3.18. The molecular formula is C14H20N4O2S. The van der Waals surface area contributed by atoms with E-state index in [1.54, 1.807) is 4.31 Å². The Hall–Kier alpha value is -1.15. The van der Waals surface area contributed by atoms with E-state index in [1.807, 2.05) is 24.3 Å². The van der Waals surface area contributed by atoms with Crippen molar-refractivity contribution in [2.45, 2.75) is 31.0 Å². The summed E-state index contributed by atoms with van der Waals surface area (Å²) in [5, 5.41) is 6.63. The highest BCUT2D eigenvalue weighted by Gasteiger charge is 2.44. The molecule has 3 atom stereocenters. The summed E-state index contributed by atoms with van der Waals surface area (Å²) < 4.78 is 29.6. The Balaban J connectivity index is 1.47. The quantitative estimate of drug-likeness (QED) is 0.729. The summed E-state index contributed by atoms with van der Waals surface area (Å²) in [5.41, 5.74) is 2.28. The predicted molar refractivity (Wildman–Crippen MR) is 81.4 cm³/mol.